The number of esters is 1. The molecule has 0 aromatic carbocycles. The van der Waals surface area contributed by atoms with Crippen LogP contribution in [0.1, 0.15) is 32.6 Å². The van der Waals surface area contributed by atoms with Crippen molar-refractivity contribution in [3.8, 4) is 0 Å². The van der Waals surface area contributed by atoms with Crippen LogP contribution in [0.25, 0.3) is 0 Å². The van der Waals surface area contributed by atoms with Crippen LogP contribution in [0, 0.1) is 35.5 Å². The molecule has 21 heavy (non-hydrogen) atoms. The van der Waals surface area contributed by atoms with Gasteiger partial charge < -0.3 is 9.47 Å². The van der Waals surface area contributed by atoms with Crippen LogP contribution in [0.15, 0.2) is 12.2 Å². The molecule has 116 valence electrons. The first-order valence-corrected chi connectivity index (χ1v) is 7.98. The summed E-state index contributed by atoms with van der Waals surface area (Å²) >= 11 is 0. The van der Waals surface area contributed by atoms with Crippen LogP contribution in [-0.4, -0.2) is 25.7 Å². The fourth-order valence-electron chi connectivity index (χ4n) is 5.13. The lowest BCUT2D eigenvalue weighted by Crippen LogP contribution is -2.27. The Kier molecular flexibility index (Phi) is 4.05. The molecule has 3 fully saturated rings. The molecule has 4 nitrogen and oxygen atoms in total. The Labute approximate surface area is 125 Å². The van der Waals surface area contributed by atoms with Crippen LogP contribution >= 0.6 is 0 Å². The normalized spacial score (nSPS) is 39.9. The van der Waals surface area contributed by atoms with Crippen LogP contribution in [0.5, 0.6) is 0 Å². The fraction of sp³-hybridized carbons (Fsp3) is 0.765. The van der Waals surface area contributed by atoms with Gasteiger partial charge in [0, 0.05) is 5.57 Å². The predicted molar refractivity (Wildman–Crippen MR) is 77.2 cm³/mol. The molecule has 6 atom stereocenters. The van der Waals surface area contributed by atoms with Crippen LogP contribution < -0.4 is 0 Å². The number of ether oxygens (including phenoxy) is 2. The highest BCUT2D eigenvalue weighted by Gasteiger charge is 2.55. The maximum absolute atomic E-state index is 11.5. The zero-order chi connectivity index (χ0) is 15.0. The topological polar surface area (TPSA) is 52.6 Å². The van der Waals surface area contributed by atoms with Crippen molar-refractivity contribution in [1.29, 1.82) is 0 Å². The van der Waals surface area contributed by atoms with E-state index in [1.54, 1.807) is 6.92 Å². The van der Waals surface area contributed by atoms with Gasteiger partial charge in [-0.15, -0.1) is 0 Å². The highest BCUT2D eigenvalue weighted by Crippen LogP contribution is 2.62. The van der Waals surface area contributed by atoms with Gasteiger partial charge in [-0.3, -0.25) is 4.79 Å². The van der Waals surface area contributed by atoms with Gasteiger partial charge in [0.25, 0.3) is 6.47 Å². The number of fused-ring (bicyclic) bond motifs is 5. The zero-order valence-electron chi connectivity index (χ0n) is 12.6. The summed E-state index contributed by atoms with van der Waals surface area (Å²) in [4.78, 5) is 21.9. The summed E-state index contributed by atoms with van der Waals surface area (Å²) in [5.41, 5.74) is 0.472. The molecule has 0 aromatic heterocycles. The Morgan fingerprint density at radius 2 is 1.90 bits per heavy atom. The largest absolute Gasteiger partial charge is 0.468 e. The van der Waals surface area contributed by atoms with Crippen molar-refractivity contribution in [3.63, 3.8) is 0 Å². The van der Waals surface area contributed by atoms with E-state index >= 15 is 0 Å². The second-order valence-corrected chi connectivity index (χ2v) is 7.13. The minimum Gasteiger partial charge on any atom is -0.468 e. The van der Waals surface area contributed by atoms with Crippen LogP contribution in [0.2, 0.25) is 0 Å². The van der Waals surface area contributed by atoms with E-state index in [-0.39, 0.29) is 5.97 Å². The summed E-state index contributed by atoms with van der Waals surface area (Å²) in [7, 11) is 0. The SMILES string of the molecule is C=C(C)C(=O)OCC1CC2C3CC(COC=O)C(C3)[C@H]2C1. The maximum atomic E-state index is 11.5. The second kappa shape index (κ2) is 5.82. The minimum absolute atomic E-state index is 0.271. The molecule has 0 amide bonds. The molecule has 0 aromatic rings. The lowest BCUT2D eigenvalue weighted by molar-refractivity contribution is -0.140. The van der Waals surface area contributed by atoms with E-state index in [2.05, 4.69) is 6.58 Å². The fourth-order valence-corrected chi connectivity index (χ4v) is 5.13. The Morgan fingerprint density at radius 3 is 2.62 bits per heavy atom. The molecule has 4 heteroatoms. The Morgan fingerprint density at radius 1 is 1.14 bits per heavy atom. The summed E-state index contributed by atoms with van der Waals surface area (Å²) in [6, 6.07) is 0. The molecule has 3 rings (SSSR count). The molecule has 2 bridgehead atoms. The predicted octanol–water partition coefficient (Wildman–Crippen LogP) is 2.58. The summed E-state index contributed by atoms with van der Waals surface area (Å²) in [5, 5.41) is 0. The van der Waals surface area contributed by atoms with Gasteiger partial charge in [-0.25, -0.2) is 4.79 Å². The van der Waals surface area contributed by atoms with Gasteiger partial charge in [0.2, 0.25) is 0 Å². The van der Waals surface area contributed by atoms with Crippen LogP contribution in [-0.2, 0) is 19.1 Å². The van der Waals surface area contributed by atoms with Gasteiger partial charge in [0.1, 0.15) is 0 Å². The highest BCUT2D eigenvalue weighted by molar-refractivity contribution is 5.86. The molecule has 0 radical (unpaired) electrons. The molecule has 3 saturated carbocycles. The summed E-state index contributed by atoms with van der Waals surface area (Å²) < 4.78 is 10.3. The number of carbonyl (C=O) groups excluding carboxylic acids is 2. The first-order valence-electron chi connectivity index (χ1n) is 7.98. The minimum atomic E-state index is -0.271. The monoisotopic (exact) mass is 292 g/mol. The quantitative estimate of drug-likeness (QED) is 0.429. The van der Waals surface area contributed by atoms with E-state index in [1.165, 1.54) is 19.3 Å². The molecule has 0 spiro atoms. The molecule has 3 aliphatic rings. The van der Waals surface area contributed by atoms with Crippen molar-refractivity contribution in [2.45, 2.75) is 32.6 Å². The molecular formula is C17H24O4. The van der Waals surface area contributed by atoms with Gasteiger partial charge in [0.15, 0.2) is 0 Å². The van der Waals surface area contributed by atoms with E-state index in [4.69, 9.17) is 9.47 Å². The summed E-state index contributed by atoms with van der Waals surface area (Å²) in [6.07, 6.45) is 4.86. The molecular weight excluding hydrogens is 268 g/mol. The Balaban J connectivity index is 1.52. The van der Waals surface area contributed by atoms with Gasteiger partial charge in [-0.05, 0) is 68.1 Å². The third-order valence-corrected chi connectivity index (χ3v) is 5.88. The number of hydrogen-bond donors (Lipinski definition) is 0. The number of rotatable bonds is 6. The first-order chi connectivity index (χ1) is 10.1. The van der Waals surface area contributed by atoms with E-state index in [0.29, 0.717) is 43.0 Å². The average molecular weight is 292 g/mol. The van der Waals surface area contributed by atoms with Crippen LogP contribution in [0.3, 0.4) is 0 Å². The van der Waals surface area contributed by atoms with Gasteiger partial charge in [0.05, 0.1) is 13.2 Å². The van der Waals surface area contributed by atoms with E-state index in [1.807, 2.05) is 0 Å². The van der Waals surface area contributed by atoms with E-state index < -0.39 is 0 Å². The number of carbonyl (C=O) groups is 2. The maximum Gasteiger partial charge on any atom is 0.333 e. The average Bonchev–Trinajstić information content (AvgIpc) is 3.12. The molecule has 0 saturated heterocycles. The molecule has 0 heterocycles. The zero-order valence-corrected chi connectivity index (χ0v) is 12.6. The molecule has 0 N–H and O–H groups in total. The molecule has 5 unspecified atom stereocenters. The Hall–Kier alpha value is -1.32. The number of hydrogen-bond acceptors (Lipinski definition) is 4. The standard InChI is InChI=1S/C17H24O4/c1-10(2)17(19)21-7-11-3-14-12-5-13(8-20-9-18)15(6-12)16(14)4-11/h9,11-16H,1,3-8H2,2H3/t11?,12?,13?,14?,15?,16-/m0/s1. The van der Waals surface area contributed by atoms with Crippen molar-refractivity contribution in [3.05, 3.63) is 12.2 Å². The van der Waals surface area contributed by atoms with Crippen molar-refractivity contribution >= 4 is 12.4 Å². The third-order valence-electron chi connectivity index (χ3n) is 5.88. The Bertz CT molecular complexity index is 444. The first kappa shape index (κ1) is 14.6. The van der Waals surface area contributed by atoms with Crippen molar-refractivity contribution in [1.82, 2.24) is 0 Å². The van der Waals surface area contributed by atoms with Gasteiger partial charge >= 0.3 is 5.97 Å². The molecule has 0 aliphatic heterocycles. The summed E-state index contributed by atoms with van der Waals surface area (Å²) in [6.45, 7) is 6.99. The van der Waals surface area contributed by atoms with Crippen molar-refractivity contribution in [2.24, 2.45) is 35.5 Å². The molecule has 3 aliphatic carbocycles. The van der Waals surface area contributed by atoms with E-state index in [9.17, 15) is 9.59 Å². The van der Waals surface area contributed by atoms with Crippen molar-refractivity contribution < 1.29 is 19.1 Å². The lowest BCUT2D eigenvalue weighted by atomic mass is 9.76. The third kappa shape index (κ3) is 2.72. The second-order valence-electron chi connectivity index (χ2n) is 7.13. The lowest BCUT2D eigenvalue weighted by Gasteiger charge is -2.30. The van der Waals surface area contributed by atoms with Crippen LogP contribution in [0.4, 0.5) is 0 Å². The summed E-state index contributed by atoms with van der Waals surface area (Å²) in [5.74, 6) is 3.84. The van der Waals surface area contributed by atoms with Gasteiger partial charge in [-0.1, -0.05) is 6.58 Å². The smallest absolute Gasteiger partial charge is 0.333 e. The van der Waals surface area contributed by atoms with Crippen molar-refractivity contribution in [2.75, 3.05) is 13.2 Å². The highest BCUT2D eigenvalue weighted by atomic mass is 16.5. The van der Waals surface area contributed by atoms with E-state index in [0.717, 1.165) is 24.2 Å². The van der Waals surface area contributed by atoms with Gasteiger partial charge in [-0.2, -0.15) is 0 Å².